The van der Waals surface area contributed by atoms with E-state index in [9.17, 15) is 9.18 Å². The van der Waals surface area contributed by atoms with Crippen molar-refractivity contribution >= 4 is 17.7 Å². The molecule has 100 valence electrons. The summed E-state index contributed by atoms with van der Waals surface area (Å²) in [6.45, 7) is 1.79. The van der Waals surface area contributed by atoms with Crippen molar-refractivity contribution in [3.05, 3.63) is 29.6 Å². The molecule has 0 aliphatic heterocycles. The van der Waals surface area contributed by atoms with E-state index >= 15 is 0 Å². The third-order valence-electron chi connectivity index (χ3n) is 2.49. The standard InChI is InChI=1S/C13H17FO3S/c1-9(13(15)17-3)7-18-8-10-5-4-6-11(16-2)12(10)14/h4-6,9H,7-8H2,1-3H3. The maximum absolute atomic E-state index is 13.8. The van der Waals surface area contributed by atoms with Crippen molar-refractivity contribution in [1.29, 1.82) is 0 Å². The summed E-state index contributed by atoms with van der Waals surface area (Å²) in [7, 11) is 2.81. The Bertz CT molecular complexity index is 409. The fourth-order valence-corrected chi connectivity index (χ4v) is 2.49. The van der Waals surface area contributed by atoms with E-state index in [0.29, 0.717) is 17.1 Å². The Morgan fingerprint density at radius 3 is 2.78 bits per heavy atom. The Kier molecular flexibility index (Phi) is 5.98. The monoisotopic (exact) mass is 272 g/mol. The van der Waals surface area contributed by atoms with E-state index in [2.05, 4.69) is 4.74 Å². The van der Waals surface area contributed by atoms with Gasteiger partial charge in [-0.3, -0.25) is 4.79 Å². The fraction of sp³-hybridized carbons (Fsp3) is 0.462. The SMILES string of the molecule is COC(=O)C(C)CSCc1cccc(OC)c1F. The summed E-state index contributed by atoms with van der Waals surface area (Å²) in [4.78, 5) is 11.2. The van der Waals surface area contributed by atoms with Gasteiger partial charge in [0, 0.05) is 17.1 Å². The summed E-state index contributed by atoms with van der Waals surface area (Å²) in [5.41, 5.74) is 0.580. The van der Waals surface area contributed by atoms with Gasteiger partial charge in [0.25, 0.3) is 0 Å². The van der Waals surface area contributed by atoms with Crippen LogP contribution in [0.25, 0.3) is 0 Å². The minimum absolute atomic E-state index is 0.186. The summed E-state index contributed by atoms with van der Waals surface area (Å²) < 4.78 is 23.3. The van der Waals surface area contributed by atoms with Crippen molar-refractivity contribution < 1.29 is 18.7 Å². The van der Waals surface area contributed by atoms with Crippen LogP contribution >= 0.6 is 11.8 Å². The normalized spacial score (nSPS) is 12.0. The maximum atomic E-state index is 13.8. The van der Waals surface area contributed by atoms with Gasteiger partial charge in [-0.15, -0.1) is 0 Å². The molecule has 0 fully saturated rings. The minimum atomic E-state index is -0.335. The van der Waals surface area contributed by atoms with Crippen molar-refractivity contribution in [1.82, 2.24) is 0 Å². The third-order valence-corrected chi connectivity index (χ3v) is 3.74. The topological polar surface area (TPSA) is 35.5 Å². The highest BCUT2D eigenvalue weighted by Crippen LogP contribution is 2.24. The highest BCUT2D eigenvalue weighted by atomic mass is 32.2. The van der Waals surface area contributed by atoms with Crippen molar-refractivity contribution in [2.24, 2.45) is 5.92 Å². The van der Waals surface area contributed by atoms with Crippen LogP contribution in [0.1, 0.15) is 12.5 Å². The summed E-state index contributed by atoms with van der Waals surface area (Å²) in [5, 5.41) is 0. The molecule has 0 bridgehead atoms. The number of benzene rings is 1. The van der Waals surface area contributed by atoms with Gasteiger partial charge >= 0.3 is 5.97 Å². The van der Waals surface area contributed by atoms with Gasteiger partial charge in [0.2, 0.25) is 0 Å². The molecule has 0 amide bonds. The van der Waals surface area contributed by atoms with Gasteiger partial charge in [-0.25, -0.2) is 4.39 Å². The van der Waals surface area contributed by atoms with Gasteiger partial charge in [-0.2, -0.15) is 11.8 Å². The molecule has 3 nitrogen and oxygen atoms in total. The van der Waals surface area contributed by atoms with E-state index in [0.717, 1.165) is 0 Å². The molecule has 0 radical (unpaired) electrons. The molecule has 0 aromatic heterocycles. The number of rotatable bonds is 6. The lowest BCUT2D eigenvalue weighted by molar-refractivity contribution is -0.143. The zero-order valence-corrected chi connectivity index (χ0v) is 11.6. The van der Waals surface area contributed by atoms with Gasteiger partial charge in [0.1, 0.15) is 0 Å². The van der Waals surface area contributed by atoms with Crippen LogP contribution in [0.15, 0.2) is 18.2 Å². The molecule has 0 N–H and O–H groups in total. The third kappa shape index (κ3) is 3.91. The Hall–Kier alpha value is -1.23. The average Bonchev–Trinajstić information content (AvgIpc) is 2.39. The number of esters is 1. The molecule has 1 rings (SSSR count). The first-order valence-corrected chi connectivity index (χ1v) is 6.72. The second kappa shape index (κ2) is 7.26. The second-order valence-corrected chi connectivity index (χ2v) is 4.90. The number of carbonyl (C=O) groups is 1. The molecular weight excluding hydrogens is 255 g/mol. The first kappa shape index (κ1) is 14.8. The van der Waals surface area contributed by atoms with Crippen LogP contribution in [-0.4, -0.2) is 25.9 Å². The smallest absolute Gasteiger partial charge is 0.309 e. The molecule has 0 aliphatic carbocycles. The van der Waals surface area contributed by atoms with Crippen LogP contribution in [0.4, 0.5) is 4.39 Å². The largest absolute Gasteiger partial charge is 0.494 e. The average molecular weight is 272 g/mol. The van der Waals surface area contributed by atoms with Gasteiger partial charge < -0.3 is 9.47 Å². The van der Waals surface area contributed by atoms with Gasteiger partial charge in [-0.1, -0.05) is 19.1 Å². The number of hydrogen-bond donors (Lipinski definition) is 0. The van der Waals surface area contributed by atoms with Crippen LogP contribution in [0, 0.1) is 11.7 Å². The number of halogens is 1. The molecule has 1 aromatic carbocycles. The highest BCUT2D eigenvalue weighted by molar-refractivity contribution is 7.98. The summed E-state index contributed by atoms with van der Waals surface area (Å²) in [6.07, 6.45) is 0. The van der Waals surface area contributed by atoms with E-state index < -0.39 is 0 Å². The second-order valence-electron chi connectivity index (χ2n) is 3.87. The van der Waals surface area contributed by atoms with Crippen molar-refractivity contribution in [2.75, 3.05) is 20.0 Å². The molecule has 0 saturated carbocycles. The Morgan fingerprint density at radius 1 is 1.44 bits per heavy atom. The van der Waals surface area contributed by atoms with Crippen molar-refractivity contribution in [2.45, 2.75) is 12.7 Å². The molecule has 0 aliphatic rings. The van der Waals surface area contributed by atoms with Gasteiger partial charge in [0.05, 0.1) is 20.1 Å². The highest BCUT2D eigenvalue weighted by Gasteiger charge is 2.14. The van der Waals surface area contributed by atoms with Gasteiger partial charge in [0.15, 0.2) is 11.6 Å². The van der Waals surface area contributed by atoms with Crippen molar-refractivity contribution in [3.8, 4) is 5.75 Å². The number of thioether (sulfide) groups is 1. The molecule has 18 heavy (non-hydrogen) atoms. The zero-order chi connectivity index (χ0) is 13.5. The van der Waals surface area contributed by atoms with Crippen LogP contribution in [0.2, 0.25) is 0 Å². The lowest BCUT2D eigenvalue weighted by Crippen LogP contribution is -2.14. The molecule has 1 unspecified atom stereocenters. The van der Waals surface area contributed by atoms with E-state index in [1.165, 1.54) is 26.0 Å². The summed E-state index contributed by atoms with van der Waals surface area (Å²) >= 11 is 1.50. The Labute approximate surface area is 111 Å². The number of hydrogen-bond acceptors (Lipinski definition) is 4. The fourth-order valence-electron chi connectivity index (χ4n) is 1.44. The van der Waals surface area contributed by atoms with E-state index in [1.54, 1.807) is 25.1 Å². The van der Waals surface area contributed by atoms with Crippen molar-refractivity contribution in [3.63, 3.8) is 0 Å². The molecule has 5 heteroatoms. The van der Waals surface area contributed by atoms with Gasteiger partial charge in [-0.05, 0) is 6.07 Å². The van der Waals surface area contributed by atoms with E-state index in [4.69, 9.17) is 4.74 Å². The first-order chi connectivity index (χ1) is 8.60. The Balaban J connectivity index is 2.52. The molecule has 0 spiro atoms. The Morgan fingerprint density at radius 2 is 2.17 bits per heavy atom. The summed E-state index contributed by atoms with van der Waals surface area (Å²) in [5.74, 6) is 0.586. The van der Waals surface area contributed by atoms with Crippen LogP contribution < -0.4 is 4.74 Å². The number of methoxy groups -OCH3 is 2. The predicted molar refractivity (Wildman–Crippen MR) is 70.3 cm³/mol. The maximum Gasteiger partial charge on any atom is 0.309 e. The lowest BCUT2D eigenvalue weighted by atomic mass is 10.2. The van der Waals surface area contributed by atoms with E-state index in [-0.39, 0.29) is 23.5 Å². The zero-order valence-electron chi connectivity index (χ0n) is 10.7. The quantitative estimate of drug-likeness (QED) is 0.746. The molecule has 0 heterocycles. The minimum Gasteiger partial charge on any atom is -0.494 e. The van der Waals surface area contributed by atoms with Crippen LogP contribution in [-0.2, 0) is 15.3 Å². The molecular formula is C13H17FO3S. The van der Waals surface area contributed by atoms with Crippen LogP contribution in [0.3, 0.4) is 0 Å². The predicted octanol–water partition coefficient (Wildman–Crippen LogP) is 2.88. The molecule has 1 atom stereocenters. The van der Waals surface area contributed by atoms with Crippen LogP contribution in [0.5, 0.6) is 5.75 Å². The molecule has 1 aromatic rings. The first-order valence-electron chi connectivity index (χ1n) is 5.57. The molecule has 0 saturated heterocycles. The lowest BCUT2D eigenvalue weighted by Gasteiger charge is -2.10. The van der Waals surface area contributed by atoms with E-state index in [1.807, 2.05) is 0 Å². The number of carbonyl (C=O) groups excluding carboxylic acids is 1. The number of ether oxygens (including phenoxy) is 2. The summed E-state index contributed by atoms with van der Waals surface area (Å²) in [6, 6.07) is 5.05.